The van der Waals surface area contributed by atoms with E-state index in [9.17, 15) is 0 Å². The van der Waals surface area contributed by atoms with Crippen LogP contribution in [0.3, 0.4) is 0 Å². The Morgan fingerprint density at radius 3 is 1.89 bits per heavy atom. The van der Waals surface area contributed by atoms with Gasteiger partial charge in [-0.1, -0.05) is 45.0 Å². The average molecular weight is 248 g/mol. The SMILES string of the molecule is CCC(CC)(CC)NCc1ccc(CCN)cc1. The van der Waals surface area contributed by atoms with Gasteiger partial charge in [-0.25, -0.2) is 0 Å². The van der Waals surface area contributed by atoms with Crippen LogP contribution < -0.4 is 11.1 Å². The highest BCUT2D eigenvalue weighted by Crippen LogP contribution is 2.20. The van der Waals surface area contributed by atoms with E-state index in [2.05, 4.69) is 50.4 Å². The molecule has 0 aromatic heterocycles. The number of nitrogens with two attached hydrogens (primary N) is 1. The van der Waals surface area contributed by atoms with Crippen molar-refractivity contribution >= 4 is 0 Å². The van der Waals surface area contributed by atoms with Crippen molar-refractivity contribution in [3.8, 4) is 0 Å². The van der Waals surface area contributed by atoms with Crippen molar-refractivity contribution in [3.63, 3.8) is 0 Å². The summed E-state index contributed by atoms with van der Waals surface area (Å²) < 4.78 is 0. The van der Waals surface area contributed by atoms with Crippen LogP contribution in [-0.2, 0) is 13.0 Å². The molecule has 18 heavy (non-hydrogen) atoms. The number of nitrogens with one attached hydrogen (secondary N) is 1. The molecule has 0 spiro atoms. The van der Waals surface area contributed by atoms with Crippen molar-refractivity contribution in [1.82, 2.24) is 5.32 Å². The molecule has 0 radical (unpaired) electrons. The van der Waals surface area contributed by atoms with Gasteiger partial charge in [0.15, 0.2) is 0 Å². The molecule has 0 amide bonds. The molecule has 0 saturated heterocycles. The molecule has 0 heterocycles. The predicted molar refractivity (Wildman–Crippen MR) is 79.6 cm³/mol. The second kappa shape index (κ2) is 7.55. The van der Waals surface area contributed by atoms with Gasteiger partial charge in [0.05, 0.1) is 0 Å². The highest BCUT2D eigenvalue weighted by Gasteiger charge is 2.22. The summed E-state index contributed by atoms with van der Waals surface area (Å²) >= 11 is 0. The Balaban J connectivity index is 2.57. The fourth-order valence-corrected chi connectivity index (χ4v) is 2.41. The van der Waals surface area contributed by atoms with Crippen LogP contribution in [0.5, 0.6) is 0 Å². The largest absolute Gasteiger partial charge is 0.330 e. The van der Waals surface area contributed by atoms with Gasteiger partial charge >= 0.3 is 0 Å². The van der Waals surface area contributed by atoms with E-state index >= 15 is 0 Å². The van der Waals surface area contributed by atoms with Gasteiger partial charge in [-0.3, -0.25) is 0 Å². The molecule has 1 aromatic rings. The van der Waals surface area contributed by atoms with Crippen LogP contribution in [0.25, 0.3) is 0 Å². The maximum atomic E-state index is 5.56. The smallest absolute Gasteiger partial charge is 0.0210 e. The van der Waals surface area contributed by atoms with Gasteiger partial charge in [-0.15, -0.1) is 0 Å². The summed E-state index contributed by atoms with van der Waals surface area (Å²) in [5, 5.41) is 3.73. The summed E-state index contributed by atoms with van der Waals surface area (Å²) in [4.78, 5) is 0. The number of hydrogen-bond acceptors (Lipinski definition) is 2. The molecule has 3 N–H and O–H groups in total. The van der Waals surface area contributed by atoms with Gasteiger partial charge < -0.3 is 11.1 Å². The van der Waals surface area contributed by atoms with Gasteiger partial charge in [-0.05, 0) is 43.4 Å². The molecule has 1 rings (SSSR count). The minimum Gasteiger partial charge on any atom is -0.330 e. The first-order valence-electron chi connectivity index (χ1n) is 7.22. The Labute approximate surface area is 112 Å². The number of benzene rings is 1. The molecule has 0 aliphatic carbocycles. The van der Waals surface area contributed by atoms with Crippen molar-refractivity contribution in [3.05, 3.63) is 35.4 Å². The Morgan fingerprint density at radius 2 is 1.44 bits per heavy atom. The molecular formula is C16H28N2. The van der Waals surface area contributed by atoms with Crippen LogP contribution in [0, 0.1) is 0 Å². The normalized spacial score (nSPS) is 11.8. The molecular weight excluding hydrogens is 220 g/mol. The maximum absolute atomic E-state index is 5.56. The fourth-order valence-electron chi connectivity index (χ4n) is 2.41. The second-order valence-corrected chi connectivity index (χ2v) is 5.05. The summed E-state index contributed by atoms with van der Waals surface area (Å²) in [6, 6.07) is 8.80. The zero-order valence-corrected chi connectivity index (χ0v) is 12.1. The van der Waals surface area contributed by atoms with Gasteiger partial charge in [0.2, 0.25) is 0 Å². The van der Waals surface area contributed by atoms with Gasteiger partial charge in [0.1, 0.15) is 0 Å². The Bertz CT molecular complexity index is 317. The average Bonchev–Trinajstić information content (AvgIpc) is 2.43. The summed E-state index contributed by atoms with van der Waals surface area (Å²) in [7, 11) is 0. The minimum absolute atomic E-state index is 0.302. The van der Waals surface area contributed by atoms with Crippen molar-refractivity contribution in [2.24, 2.45) is 5.73 Å². The Kier molecular flexibility index (Phi) is 6.37. The molecule has 0 bridgehead atoms. The van der Waals surface area contributed by atoms with Gasteiger partial charge in [0, 0.05) is 12.1 Å². The molecule has 0 saturated carbocycles. The quantitative estimate of drug-likeness (QED) is 0.741. The Hall–Kier alpha value is -0.860. The lowest BCUT2D eigenvalue weighted by Crippen LogP contribution is -2.43. The van der Waals surface area contributed by atoms with E-state index in [-0.39, 0.29) is 0 Å². The summed E-state index contributed by atoms with van der Waals surface area (Å²) in [5.41, 5.74) is 8.54. The minimum atomic E-state index is 0.302. The third-order valence-electron chi connectivity index (χ3n) is 4.15. The van der Waals surface area contributed by atoms with E-state index in [4.69, 9.17) is 5.73 Å². The van der Waals surface area contributed by atoms with Crippen LogP contribution in [-0.4, -0.2) is 12.1 Å². The molecule has 0 aliphatic rings. The van der Waals surface area contributed by atoms with Crippen molar-refractivity contribution in [2.75, 3.05) is 6.54 Å². The molecule has 0 atom stereocenters. The van der Waals surface area contributed by atoms with Gasteiger partial charge in [-0.2, -0.15) is 0 Å². The third-order valence-corrected chi connectivity index (χ3v) is 4.15. The van der Waals surface area contributed by atoms with E-state index in [0.29, 0.717) is 5.54 Å². The van der Waals surface area contributed by atoms with Crippen molar-refractivity contribution in [1.29, 1.82) is 0 Å². The lowest BCUT2D eigenvalue weighted by molar-refractivity contribution is 0.288. The number of hydrogen-bond donors (Lipinski definition) is 2. The van der Waals surface area contributed by atoms with Crippen LogP contribution in [0.4, 0.5) is 0 Å². The zero-order chi connectivity index (χ0) is 13.4. The first-order chi connectivity index (χ1) is 8.69. The topological polar surface area (TPSA) is 38.0 Å². The van der Waals surface area contributed by atoms with Crippen LogP contribution in [0.15, 0.2) is 24.3 Å². The summed E-state index contributed by atoms with van der Waals surface area (Å²) in [6.45, 7) is 8.49. The second-order valence-electron chi connectivity index (χ2n) is 5.05. The first-order valence-corrected chi connectivity index (χ1v) is 7.22. The van der Waals surface area contributed by atoms with E-state index in [1.165, 1.54) is 30.4 Å². The predicted octanol–water partition coefficient (Wildman–Crippen LogP) is 3.25. The molecule has 0 unspecified atom stereocenters. The van der Waals surface area contributed by atoms with Crippen LogP contribution in [0.2, 0.25) is 0 Å². The third kappa shape index (κ3) is 4.11. The molecule has 1 aromatic carbocycles. The van der Waals surface area contributed by atoms with Crippen molar-refractivity contribution < 1.29 is 0 Å². The van der Waals surface area contributed by atoms with Crippen LogP contribution >= 0.6 is 0 Å². The Morgan fingerprint density at radius 1 is 0.944 bits per heavy atom. The van der Waals surface area contributed by atoms with E-state index in [1.807, 2.05) is 0 Å². The van der Waals surface area contributed by atoms with Crippen molar-refractivity contribution in [2.45, 2.75) is 58.5 Å². The molecule has 2 nitrogen and oxygen atoms in total. The molecule has 2 heteroatoms. The summed E-state index contributed by atoms with van der Waals surface area (Å²) in [6.07, 6.45) is 4.53. The maximum Gasteiger partial charge on any atom is 0.0210 e. The molecule has 0 aliphatic heterocycles. The van der Waals surface area contributed by atoms with Gasteiger partial charge in [0.25, 0.3) is 0 Å². The summed E-state index contributed by atoms with van der Waals surface area (Å²) in [5.74, 6) is 0. The number of rotatable bonds is 8. The van der Waals surface area contributed by atoms with E-state index < -0.39 is 0 Å². The lowest BCUT2D eigenvalue weighted by Gasteiger charge is -2.32. The van der Waals surface area contributed by atoms with Crippen LogP contribution in [0.1, 0.15) is 51.2 Å². The highest BCUT2D eigenvalue weighted by molar-refractivity contribution is 5.22. The monoisotopic (exact) mass is 248 g/mol. The molecule has 0 fully saturated rings. The standard InChI is InChI=1S/C16H28N2/c1-4-16(5-2,6-3)18-13-15-9-7-14(8-10-15)11-12-17/h7-10,18H,4-6,11-13,17H2,1-3H3. The van der Waals surface area contributed by atoms with E-state index in [0.717, 1.165) is 19.5 Å². The molecule has 102 valence electrons. The fraction of sp³-hybridized carbons (Fsp3) is 0.625. The van der Waals surface area contributed by atoms with E-state index in [1.54, 1.807) is 0 Å². The highest BCUT2D eigenvalue weighted by atomic mass is 15.0. The lowest BCUT2D eigenvalue weighted by atomic mass is 9.89. The zero-order valence-electron chi connectivity index (χ0n) is 12.1. The first kappa shape index (κ1) is 15.2.